The van der Waals surface area contributed by atoms with Gasteiger partial charge in [0.1, 0.15) is 0 Å². The highest BCUT2D eigenvalue weighted by Crippen LogP contribution is 2.19. The summed E-state index contributed by atoms with van der Waals surface area (Å²) < 4.78 is 0. The molecule has 0 saturated carbocycles. The Hall–Kier alpha value is -0.770. The van der Waals surface area contributed by atoms with Crippen molar-refractivity contribution in [2.45, 2.75) is 19.4 Å². The van der Waals surface area contributed by atoms with Crippen LogP contribution in [0.5, 0.6) is 0 Å². The van der Waals surface area contributed by atoms with Gasteiger partial charge in [0.05, 0.1) is 0 Å². The highest BCUT2D eigenvalue weighted by Gasteiger charge is 2.29. The van der Waals surface area contributed by atoms with Gasteiger partial charge in [-0.2, -0.15) is 0 Å². The molecule has 0 aromatic carbocycles. The number of amides is 2. The van der Waals surface area contributed by atoms with Gasteiger partial charge in [0.25, 0.3) is 0 Å². The summed E-state index contributed by atoms with van der Waals surface area (Å²) in [6.07, 6.45) is 1.07. The van der Waals surface area contributed by atoms with Crippen molar-refractivity contribution in [3.63, 3.8) is 0 Å². The van der Waals surface area contributed by atoms with E-state index >= 15 is 0 Å². The number of nitrogens with one attached hydrogen (secondary N) is 1. The second-order valence-corrected chi connectivity index (χ2v) is 4.30. The van der Waals surface area contributed by atoms with Crippen LogP contribution in [-0.4, -0.2) is 56.1 Å². The number of carbonyl (C=O) groups is 1. The van der Waals surface area contributed by atoms with E-state index < -0.39 is 0 Å². The maximum absolute atomic E-state index is 11.4. The van der Waals surface area contributed by atoms with Crippen molar-refractivity contribution < 1.29 is 4.79 Å². The molecule has 4 nitrogen and oxygen atoms in total. The summed E-state index contributed by atoms with van der Waals surface area (Å²) in [5, 5.41) is 2.67. The molecule has 1 aliphatic heterocycles. The van der Waals surface area contributed by atoms with Gasteiger partial charge in [-0.05, 0) is 26.4 Å². The third-order valence-electron chi connectivity index (χ3n) is 3.02. The van der Waals surface area contributed by atoms with Crippen LogP contribution in [0.1, 0.15) is 13.3 Å². The zero-order chi connectivity index (χ0) is 10.7. The Bertz CT molecular complexity index is 206. The van der Waals surface area contributed by atoms with Crippen molar-refractivity contribution in [3.05, 3.63) is 0 Å². The van der Waals surface area contributed by atoms with Crippen LogP contribution in [0.4, 0.5) is 4.79 Å². The van der Waals surface area contributed by atoms with Crippen molar-refractivity contribution >= 4 is 6.03 Å². The second kappa shape index (κ2) is 4.64. The van der Waals surface area contributed by atoms with Crippen LogP contribution < -0.4 is 5.32 Å². The number of hydrogen-bond acceptors (Lipinski definition) is 2. The van der Waals surface area contributed by atoms with Gasteiger partial charge < -0.3 is 15.1 Å². The van der Waals surface area contributed by atoms with Crippen molar-refractivity contribution in [1.29, 1.82) is 0 Å². The molecule has 1 aliphatic rings. The summed E-state index contributed by atoms with van der Waals surface area (Å²) in [5.41, 5.74) is 0. The number of nitrogens with zero attached hydrogens (tertiary/aromatic N) is 2. The molecule has 82 valence electrons. The molecule has 4 heteroatoms. The van der Waals surface area contributed by atoms with Crippen LogP contribution in [0.2, 0.25) is 0 Å². The monoisotopic (exact) mass is 199 g/mol. The number of carbonyl (C=O) groups excluding carboxylic acids is 1. The number of hydrogen-bond donors (Lipinski definition) is 1. The standard InChI is InChI=1S/C10H21N3O/c1-8-7-13(10(14)11-2)6-5-9(8)12(3)4/h8-9H,5-7H2,1-4H3,(H,11,14). The van der Waals surface area contributed by atoms with Crippen molar-refractivity contribution in [2.24, 2.45) is 5.92 Å². The van der Waals surface area contributed by atoms with Crippen LogP contribution in [0.15, 0.2) is 0 Å². The Morgan fingerprint density at radius 3 is 2.57 bits per heavy atom. The van der Waals surface area contributed by atoms with E-state index in [1.165, 1.54) is 0 Å². The number of urea groups is 1. The molecule has 0 aromatic heterocycles. The number of rotatable bonds is 1. The smallest absolute Gasteiger partial charge is 0.317 e. The third kappa shape index (κ3) is 2.38. The lowest BCUT2D eigenvalue weighted by atomic mass is 9.93. The summed E-state index contributed by atoms with van der Waals surface area (Å²) >= 11 is 0. The summed E-state index contributed by atoms with van der Waals surface area (Å²) in [4.78, 5) is 15.5. The Morgan fingerprint density at radius 2 is 2.14 bits per heavy atom. The van der Waals surface area contributed by atoms with Gasteiger partial charge in [-0.15, -0.1) is 0 Å². The second-order valence-electron chi connectivity index (χ2n) is 4.30. The molecule has 0 bridgehead atoms. The molecular formula is C10H21N3O. The third-order valence-corrected chi connectivity index (χ3v) is 3.02. The van der Waals surface area contributed by atoms with Gasteiger partial charge in [0.2, 0.25) is 0 Å². The minimum Gasteiger partial charge on any atom is -0.341 e. The zero-order valence-corrected chi connectivity index (χ0v) is 9.58. The van der Waals surface area contributed by atoms with Gasteiger partial charge in [0.15, 0.2) is 0 Å². The van der Waals surface area contributed by atoms with Crippen molar-refractivity contribution in [3.8, 4) is 0 Å². The van der Waals surface area contributed by atoms with Gasteiger partial charge in [-0.25, -0.2) is 4.79 Å². The molecular weight excluding hydrogens is 178 g/mol. The van der Waals surface area contributed by atoms with Gasteiger partial charge in [0, 0.05) is 26.2 Å². The van der Waals surface area contributed by atoms with Gasteiger partial charge in [-0.3, -0.25) is 0 Å². The quantitative estimate of drug-likeness (QED) is 0.671. The fourth-order valence-electron chi connectivity index (χ4n) is 2.24. The largest absolute Gasteiger partial charge is 0.341 e. The van der Waals surface area contributed by atoms with E-state index in [0.717, 1.165) is 19.5 Å². The fourth-order valence-corrected chi connectivity index (χ4v) is 2.24. The van der Waals surface area contributed by atoms with E-state index in [9.17, 15) is 4.79 Å². The fraction of sp³-hybridized carbons (Fsp3) is 0.900. The van der Waals surface area contributed by atoms with Crippen LogP contribution in [-0.2, 0) is 0 Å². The molecule has 1 saturated heterocycles. The van der Waals surface area contributed by atoms with Crippen LogP contribution >= 0.6 is 0 Å². The first kappa shape index (κ1) is 11.3. The Labute approximate surface area is 86.2 Å². The molecule has 1 N–H and O–H groups in total. The summed E-state index contributed by atoms with van der Waals surface area (Å²) in [7, 11) is 5.90. The molecule has 0 spiro atoms. The van der Waals surface area contributed by atoms with E-state index in [-0.39, 0.29) is 6.03 Å². The molecule has 0 aromatic rings. The SMILES string of the molecule is CNC(=O)N1CCC(N(C)C)C(C)C1. The van der Waals surface area contributed by atoms with Crippen LogP contribution in [0.25, 0.3) is 0 Å². The topological polar surface area (TPSA) is 35.6 Å². The number of piperidine rings is 1. The normalized spacial score (nSPS) is 27.9. The molecule has 0 aliphatic carbocycles. The lowest BCUT2D eigenvalue weighted by Crippen LogP contribution is -2.51. The van der Waals surface area contributed by atoms with Gasteiger partial charge in [-0.1, -0.05) is 6.92 Å². The highest BCUT2D eigenvalue weighted by molar-refractivity contribution is 5.73. The molecule has 2 atom stereocenters. The lowest BCUT2D eigenvalue weighted by Gasteiger charge is -2.39. The van der Waals surface area contributed by atoms with E-state index in [0.29, 0.717) is 12.0 Å². The summed E-state index contributed by atoms with van der Waals surface area (Å²) in [6, 6.07) is 0.657. The molecule has 0 radical (unpaired) electrons. The van der Waals surface area contributed by atoms with E-state index in [1.807, 2.05) is 4.90 Å². The first-order valence-electron chi connectivity index (χ1n) is 5.19. The predicted octanol–water partition coefficient (Wildman–Crippen LogP) is 0.598. The maximum atomic E-state index is 11.4. The summed E-state index contributed by atoms with van der Waals surface area (Å²) in [6.45, 7) is 3.94. The minimum absolute atomic E-state index is 0.0501. The average Bonchev–Trinajstić information content (AvgIpc) is 2.15. The van der Waals surface area contributed by atoms with E-state index in [2.05, 4.69) is 31.2 Å². The number of likely N-dealkylation sites (tertiary alicyclic amines) is 1. The first-order valence-corrected chi connectivity index (χ1v) is 5.19. The Morgan fingerprint density at radius 1 is 1.50 bits per heavy atom. The van der Waals surface area contributed by atoms with E-state index in [1.54, 1.807) is 7.05 Å². The summed E-state index contributed by atoms with van der Waals surface area (Å²) in [5.74, 6) is 0.552. The van der Waals surface area contributed by atoms with Crippen molar-refractivity contribution in [1.82, 2.24) is 15.1 Å². The highest BCUT2D eigenvalue weighted by atomic mass is 16.2. The molecule has 2 amide bonds. The first-order chi connectivity index (χ1) is 6.56. The zero-order valence-electron chi connectivity index (χ0n) is 9.58. The molecule has 14 heavy (non-hydrogen) atoms. The molecule has 2 unspecified atom stereocenters. The van der Waals surface area contributed by atoms with E-state index in [4.69, 9.17) is 0 Å². The van der Waals surface area contributed by atoms with Crippen molar-refractivity contribution in [2.75, 3.05) is 34.2 Å². The van der Waals surface area contributed by atoms with Crippen LogP contribution in [0.3, 0.4) is 0 Å². The molecule has 1 rings (SSSR count). The predicted molar refractivity (Wildman–Crippen MR) is 57.3 cm³/mol. The maximum Gasteiger partial charge on any atom is 0.317 e. The minimum atomic E-state index is 0.0501. The van der Waals surface area contributed by atoms with Crippen LogP contribution in [0, 0.1) is 5.92 Å². The molecule has 1 heterocycles. The lowest BCUT2D eigenvalue weighted by molar-refractivity contribution is 0.108. The molecule has 1 fully saturated rings. The Balaban J connectivity index is 2.50. The van der Waals surface area contributed by atoms with Gasteiger partial charge >= 0.3 is 6.03 Å². The average molecular weight is 199 g/mol. The Kier molecular flexibility index (Phi) is 3.75.